The maximum atomic E-state index is 8.49. The normalized spacial score (nSPS) is 9.90. The van der Waals surface area contributed by atoms with Crippen LogP contribution in [0.25, 0.3) is 5.65 Å². The maximum absolute atomic E-state index is 8.49. The lowest BCUT2D eigenvalue weighted by Crippen LogP contribution is -1.76. The molecule has 0 aliphatic rings. The molecule has 48 valence electrons. The van der Waals surface area contributed by atoms with Gasteiger partial charge in [-0.3, -0.25) is 5.10 Å². The van der Waals surface area contributed by atoms with Crippen LogP contribution in [0.5, 0.6) is 0 Å². The van der Waals surface area contributed by atoms with Gasteiger partial charge in [0, 0.05) is 0 Å². The Morgan fingerprint density at radius 2 is 2.60 bits per heavy atom. The van der Waals surface area contributed by atoms with Gasteiger partial charge in [0.2, 0.25) is 0 Å². The number of hydrogen-bond donors (Lipinski definition) is 1. The summed E-state index contributed by atoms with van der Waals surface area (Å²) in [7, 11) is 0. The molecule has 0 spiro atoms. The number of H-pyrrole nitrogens is 1. The molecule has 5 nitrogen and oxygen atoms in total. The highest BCUT2D eigenvalue weighted by Gasteiger charge is 2.01. The van der Waals surface area contributed by atoms with Gasteiger partial charge in [0.1, 0.15) is 18.0 Å². The lowest BCUT2D eigenvalue weighted by molar-refractivity contribution is 0.955. The Morgan fingerprint density at radius 1 is 1.70 bits per heavy atom. The topological polar surface area (TPSA) is 69.8 Å². The van der Waals surface area contributed by atoms with Crippen molar-refractivity contribution < 1.29 is 0 Å². The second kappa shape index (κ2) is 1.57. The lowest BCUT2D eigenvalue weighted by atomic mass is 10.4. The monoisotopic (exact) mass is 133 g/mol. The molecule has 0 aromatic carbocycles. The molecular weight excluding hydrogens is 130 g/mol. The third kappa shape index (κ3) is 0.449. The van der Waals surface area contributed by atoms with Crippen molar-refractivity contribution in [1.29, 1.82) is 5.26 Å². The molecule has 0 fully saturated rings. The first-order valence-electron chi connectivity index (χ1n) is 2.68. The summed E-state index contributed by atoms with van der Waals surface area (Å²) >= 11 is 0. The van der Waals surface area contributed by atoms with E-state index in [2.05, 4.69) is 15.3 Å². The molecule has 2 aromatic rings. The Balaban J connectivity index is 2.92. The van der Waals surface area contributed by atoms with E-state index >= 15 is 0 Å². The van der Waals surface area contributed by atoms with E-state index in [9.17, 15) is 0 Å². The summed E-state index contributed by atoms with van der Waals surface area (Å²) in [5.74, 6) is 0. The fourth-order valence-corrected chi connectivity index (χ4v) is 0.788. The predicted octanol–water partition coefficient (Wildman–Crippen LogP) is -0.0709. The van der Waals surface area contributed by atoms with Crippen molar-refractivity contribution in [3.05, 3.63) is 18.1 Å². The Morgan fingerprint density at radius 3 is 3.40 bits per heavy atom. The molecule has 10 heavy (non-hydrogen) atoms. The molecule has 1 N–H and O–H groups in total. The third-order valence-electron chi connectivity index (χ3n) is 1.25. The van der Waals surface area contributed by atoms with Crippen LogP contribution in [0.2, 0.25) is 0 Å². The molecule has 0 saturated heterocycles. The average Bonchev–Trinajstić information content (AvgIpc) is 2.44. The van der Waals surface area contributed by atoms with Crippen LogP contribution in [0.15, 0.2) is 12.5 Å². The van der Waals surface area contributed by atoms with Gasteiger partial charge in [-0.2, -0.15) is 15.5 Å². The molecule has 0 saturated carbocycles. The van der Waals surface area contributed by atoms with Gasteiger partial charge < -0.3 is 0 Å². The van der Waals surface area contributed by atoms with E-state index in [0.29, 0.717) is 11.2 Å². The van der Waals surface area contributed by atoms with Crippen LogP contribution in [0.4, 0.5) is 0 Å². The standard InChI is InChI=1S/C5H3N5/c6-1-4-2-8-10-3-7-9-5(4)10/h2-3,9H. The van der Waals surface area contributed by atoms with Crippen LogP contribution in [-0.2, 0) is 0 Å². The number of rotatable bonds is 0. The Labute approximate surface area is 55.9 Å². The maximum Gasteiger partial charge on any atom is 0.169 e. The zero-order valence-electron chi connectivity index (χ0n) is 4.94. The van der Waals surface area contributed by atoms with E-state index in [1.807, 2.05) is 6.07 Å². The molecule has 0 radical (unpaired) electrons. The largest absolute Gasteiger partial charge is 0.259 e. The minimum absolute atomic E-state index is 0.512. The van der Waals surface area contributed by atoms with Gasteiger partial charge in [0.15, 0.2) is 5.65 Å². The van der Waals surface area contributed by atoms with Gasteiger partial charge in [0.05, 0.1) is 6.20 Å². The second-order valence-electron chi connectivity index (χ2n) is 1.82. The highest BCUT2D eigenvalue weighted by Crippen LogP contribution is 2.02. The predicted molar refractivity (Wildman–Crippen MR) is 32.1 cm³/mol. The van der Waals surface area contributed by atoms with E-state index < -0.39 is 0 Å². The number of hydrogen-bond acceptors (Lipinski definition) is 3. The molecule has 2 aromatic heterocycles. The van der Waals surface area contributed by atoms with Crippen LogP contribution in [0.3, 0.4) is 0 Å². The quantitative estimate of drug-likeness (QED) is 0.546. The molecule has 2 rings (SSSR count). The zero-order valence-corrected chi connectivity index (χ0v) is 4.94. The zero-order chi connectivity index (χ0) is 6.97. The van der Waals surface area contributed by atoms with Crippen molar-refractivity contribution in [2.45, 2.75) is 0 Å². The van der Waals surface area contributed by atoms with E-state index in [1.54, 1.807) is 0 Å². The van der Waals surface area contributed by atoms with E-state index in [1.165, 1.54) is 17.0 Å². The fourth-order valence-electron chi connectivity index (χ4n) is 0.788. The van der Waals surface area contributed by atoms with Crippen LogP contribution in [0, 0.1) is 11.3 Å². The molecule has 0 amide bonds. The SMILES string of the molecule is N#Cc1cnn2cn[nH]c12. The molecule has 5 heteroatoms. The van der Waals surface area contributed by atoms with Gasteiger partial charge in [-0.15, -0.1) is 0 Å². The number of nitrogens with zero attached hydrogens (tertiary/aromatic N) is 4. The number of aromatic amines is 1. The molecule has 0 bridgehead atoms. The van der Waals surface area contributed by atoms with Crippen molar-refractivity contribution in [2.75, 3.05) is 0 Å². The molecule has 0 unspecified atom stereocenters. The van der Waals surface area contributed by atoms with Gasteiger partial charge in [-0.25, -0.2) is 4.52 Å². The van der Waals surface area contributed by atoms with Crippen LogP contribution in [0.1, 0.15) is 5.56 Å². The van der Waals surface area contributed by atoms with Gasteiger partial charge in [-0.1, -0.05) is 0 Å². The third-order valence-corrected chi connectivity index (χ3v) is 1.25. The summed E-state index contributed by atoms with van der Waals surface area (Å²) in [6.45, 7) is 0. The minimum Gasteiger partial charge on any atom is -0.259 e. The molecule has 0 aliphatic carbocycles. The first kappa shape index (κ1) is 4.99. The van der Waals surface area contributed by atoms with Crippen LogP contribution in [-0.4, -0.2) is 19.8 Å². The Kier molecular flexibility index (Phi) is 0.786. The van der Waals surface area contributed by atoms with Gasteiger partial charge in [-0.05, 0) is 0 Å². The van der Waals surface area contributed by atoms with Crippen LogP contribution >= 0.6 is 0 Å². The Bertz CT molecular complexity index is 389. The highest BCUT2D eigenvalue weighted by molar-refractivity contribution is 5.52. The van der Waals surface area contributed by atoms with Gasteiger partial charge >= 0.3 is 0 Å². The summed E-state index contributed by atoms with van der Waals surface area (Å²) < 4.78 is 1.51. The number of nitriles is 1. The Hall–Kier alpha value is -1.83. The van der Waals surface area contributed by atoms with Gasteiger partial charge in [0.25, 0.3) is 0 Å². The molecule has 0 atom stereocenters. The number of nitrogens with one attached hydrogen (secondary N) is 1. The summed E-state index contributed by atoms with van der Waals surface area (Å²) in [4.78, 5) is 0. The van der Waals surface area contributed by atoms with E-state index in [0.717, 1.165) is 0 Å². The summed E-state index contributed by atoms with van der Waals surface area (Å²) in [5.41, 5.74) is 1.15. The van der Waals surface area contributed by atoms with Crippen molar-refractivity contribution in [1.82, 2.24) is 19.8 Å². The first-order valence-corrected chi connectivity index (χ1v) is 2.68. The summed E-state index contributed by atoms with van der Waals surface area (Å²) in [6.07, 6.45) is 3.00. The smallest absolute Gasteiger partial charge is 0.169 e. The number of aromatic nitrogens is 4. The number of fused-ring (bicyclic) bond motifs is 1. The molecule has 0 aliphatic heterocycles. The average molecular weight is 133 g/mol. The second-order valence-corrected chi connectivity index (χ2v) is 1.82. The summed E-state index contributed by atoms with van der Waals surface area (Å²) in [5, 5.41) is 18.7. The minimum atomic E-state index is 0.512. The summed E-state index contributed by atoms with van der Waals surface area (Å²) in [6, 6.07) is 1.98. The fraction of sp³-hybridized carbons (Fsp3) is 0. The van der Waals surface area contributed by atoms with E-state index in [-0.39, 0.29) is 0 Å². The van der Waals surface area contributed by atoms with Crippen molar-refractivity contribution in [3.63, 3.8) is 0 Å². The van der Waals surface area contributed by atoms with Crippen molar-refractivity contribution >= 4 is 5.65 Å². The lowest BCUT2D eigenvalue weighted by Gasteiger charge is -1.73. The molecule has 2 heterocycles. The molecular formula is C5H3N5. The first-order chi connectivity index (χ1) is 4.92. The van der Waals surface area contributed by atoms with E-state index in [4.69, 9.17) is 5.26 Å². The van der Waals surface area contributed by atoms with Crippen molar-refractivity contribution in [3.8, 4) is 6.07 Å². The van der Waals surface area contributed by atoms with Crippen LogP contribution < -0.4 is 0 Å². The van der Waals surface area contributed by atoms with Crippen molar-refractivity contribution in [2.24, 2.45) is 0 Å². The highest BCUT2D eigenvalue weighted by atomic mass is 15.3.